The zero-order chi connectivity index (χ0) is 19.5. The van der Waals surface area contributed by atoms with E-state index in [1.807, 2.05) is 19.1 Å². The number of nitrogens with zero attached hydrogens (tertiary/aromatic N) is 2. The summed E-state index contributed by atoms with van der Waals surface area (Å²) in [7, 11) is 0. The fraction of sp³-hybridized carbons (Fsp3) is 0.435. The van der Waals surface area contributed by atoms with Crippen molar-refractivity contribution in [3.8, 4) is 0 Å². The lowest BCUT2D eigenvalue weighted by atomic mass is 10.0. The Balaban J connectivity index is 1.28. The van der Waals surface area contributed by atoms with E-state index in [4.69, 9.17) is 0 Å². The lowest BCUT2D eigenvalue weighted by Gasteiger charge is -2.36. The van der Waals surface area contributed by atoms with Gasteiger partial charge in [-0.15, -0.1) is 0 Å². The van der Waals surface area contributed by atoms with Gasteiger partial charge in [0.05, 0.1) is 0 Å². The molecule has 1 heterocycles. The minimum Gasteiger partial charge on any atom is -0.369 e. The van der Waals surface area contributed by atoms with E-state index >= 15 is 0 Å². The predicted octanol–water partition coefficient (Wildman–Crippen LogP) is 3.93. The average molecular weight is 381 g/mol. The molecular formula is C23H28FN3O. The molecule has 2 aromatic carbocycles. The SMILES string of the molecule is CC(Cc1ccc(F)cc1)C(=O)Nc1ccc(N2CCN(C3CC3)CC2)cc1. The van der Waals surface area contributed by atoms with E-state index < -0.39 is 0 Å². The van der Waals surface area contributed by atoms with Gasteiger partial charge in [-0.1, -0.05) is 19.1 Å². The average Bonchev–Trinajstić information content (AvgIpc) is 3.56. The third kappa shape index (κ3) is 4.71. The molecule has 1 saturated carbocycles. The van der Waals surface area contributed by atoms with Crippen molar-refractivity contribution in [1.82, 2.24) is 4.90 Å². The maximum absolute atomic E-state index is 13.0. The van der Waals surface area contributed by atoms with E-state index in [1.165, 1.54) is 30.7 Å². The minimum atomic E-state index is -0.255. The maximum atomic E-state index is 13.0. The van der Waals surface area contributed by atoms with Crippen LogP contribution in [0.4, 0.5) is 15.8 Å². The van der Waals surface area contributed by atoms with Crippen LogP contribution in [-0.4, -0.2) is 43.0 Å². The molecule has 1 amide bonds. The number of carbonyl (C=O) groups is 1. The molecule has 2 fully saturated rings. The molecule has 0 aromatic heterocycles. The molecule has 2 aromatic rings. The Morgan fingerprint density at radius 2 is 1.68 bits per heavy atom. The van der Waals surface area contributed by atoms with Crippen molar-refractivity contribution in [3.05, 3.63) is 59.9 Å². The topological polar surface area (TPSA) is 35.6 Å². The van der Waals surface area contributed by atoms with Gasteiger partial charge in [0, 0.05) is 49.5 Å². The molecule has 5 heteroatoms. The standard InChI is InChI=1S/C23H28FN3O/c1-17(16-18-2-4-19(24)5-3-18)23(28)25-20-6-8-21(9-7-20)26-12-14-27(15-13-26)22-10-11-22/h2-9,17,22H,10-16H2,1H3,(H,25,28). The molecule has 0 radical (unpaired) electrons. The highest BCUT2D eigenvalue weighted by atomic mass is 19.1. The van der Waals surface area contributed by atoms with E-state index in [0.717, 1.165) is 43.5 Å². The summed E-state index contributed by atoms with van der Waals surface area (Å²) in [5.74, 6) is -0.453. The summed E-state index contributed by atoms with van der Waals surface area (Å²) in [6.07, 6.45) is 3.33. The van der Waals surface area contributed by atoms with E-state index in [0.29, 0.717) is 6.42 Å². The van der Waals surface area contributed by atoms with Gasteiger partial charge in [0.1, 0.15) is 5.82 Å². The Hall–Kier alpha value is -2.40. The van der Waals surface area contributed by atoms with Crippen molar-refractivity contribution in [3.63, 3.8) is 0 Å². The highest BCUT2D eigenvalue weighted by Crippen LogP contribution is 2.28. The number of hydrogen-bond donors (Lipinski definition) is 1. The number of hydrogen-bond acceptors (Lipinski definition) is 3. The summed E-state index contributed by atoms with van der Waals surface area (Å²) in [6, 6.07) is 15.3. The van der Waals surface area contributed by atoms with Crippen molar-refractivity contribution in [2.45, 2.75) is 32.2 Å². The Labute approximate surface area is 166 Å². The number of piperazine rings is 1. The van der Waals surface area contributed by atoms with Crippen LogP contribution in [0.2, 0.25) is 0 Å². The van der Waals surface area contributed by atoms with Gasteiger partial charge in [-0.05, 0) is 61.2 Å². The molecular weight excluding hydrogens is 353 g/mol. The molecule has 1 atom stereocenters. The van der Waals surface area contributed by atoms with E-state index in [9.17, 15) is 9.18 Å². The molecule has 0 bridgehead atoms. The fourth-order valence-corrected chi connectivity index (χ4v) is 3.87. The second-order valence-electron chi connectivity index (χ2n) is 8.02. The van der Waals surface area contributed by atoms with Gasteiger partial charge in [-0.3, -0.25) is 9.69 Å². The minimum absolute atomic E-state index is 0.0184. The largest absolute Gasteiger partial charge is 0.369 e. The third-order valence-corrected chi connectivity index (χ3v) is 5.78. The Morgan fingerprint density at radius 1 is 1.04 bits per heavy atom. The van der Waals surface area contributed by atoms with Crippen LogP contribution in [0.1, 0.15) is 25.3 Å². The Morgan fingerprint density at radius 3 is 2.29 bits per heavy atom. The van der Waals surface area contributed by atoms with Gasteiger partial charge in [-0.25, -0.2) is 4.39 Å². The maximum Gasteiger partial charge on any atom is 0.227 e. The number of rotatable bonds is 6. The van der Waals surface area contributed by atoms with Gasteiger partial charge in [0.15, 0.2) is 0 Å². The smallest absolute Gasteiger partial charge is 0.227 e. The van der Waals surface area contributed by atoms with Crippen molar-refractivity contribution in [2.75, 3.05) is 36.4 Å². The van der Waals surface area contributed by atoms with Crippen LogP contribution in [0.25, 0.3) is 0 Å². The van der Waals surface area contributed by atoms with Crippen LogP contribution < -0.4 is 10.2 Å². The molecule has 4 rings (SSSR count). The van der Waals surface area contributed by atoms with Crippen LogP contribution in [0, 0.1) is 11.7 Å². The second-order valence-corrected chi connectivity index (χ2v) is 8.02. The number of amides is 1. The summed E-state index contributed by atoms with van der Waals surface area (Å²) in [4.78, 5) is 17.5. The third-order valence-electron chi connectivity index (χ3n) is 5.78. The monoisotopic (exact) mass is 381 g/mol. The Bertz CT molecular complexity index is 794. The molecule has 0 spiro atoms. The molecule has 1 unspecified atom stereocenters. The van der Waals surface area contributed by atoms with E-state index in [-0.39, 0.29) is 17.6 Å². The number of anilines is 2. The van der Waals surface area contributed by atoms with Crippen LogP contribution in [-0.2, 0) is 11.2 Å². The molecule has 1 aliphatic carbocycles. The summed E-state index contributed by atoms with van der Waals surface area (Å²) < 4.78 is 13.0. The molecule has 1 aliphatic heterocycles. The highest BCUT2D eigenvalue weighted by Gasteiger charge is 2.31. The molecule has 2 aliphatic rings. The summed E-state index contributed by atoms with van der Waals surface area (Å²) in [6.45, 7) is 6.31. The van der Waals surface area contributed by atoms with Gasteiger partial charge in [-0.2, -0.15) is 0 Å². The van der Waals surface area contributed by atoms with Gasteiger partial charge in [0.25, 0.3) is 0 Å². The summed E-state index contributed by atoms with van der Waals surface area (Å²) in [5, 5.41) is 2.99. The van der Waals surface area contributed by atoms with Crippen molar-refractivity contribution < 1.29 is 9.18 Å². The first-order valence-electron chi connectivity index (χ1n) is 10.2. The number of carbonyl (C=O) groups excluding carboxylic acids is 1. The lowest BCUT2D eigenvalue weighted by Crippen LogP contribution is -2.47. The van der Waals surface area contributed by atoms with Gasteiger partial charge >= 0.3 is 0 Å². The highest BCUT2D eigenvalue weighted by molar-refractivity contribution is 5.92. The number of halogens is 1. The van der Waals surface area contributed by atoms with Crippen molar-refractivity contribution >= 4 is 17.3 Å². The molecule has 1 N–H and O–H groups in total. The van der Waals surface area contributed by atoms with E-state index in [2.05, 4.69) is 27.2 Å². The molecule has 1 saturated heterocycles. The normalized spacial score (nSPS) is 18.7. The fourth-order valence-electron chi connectivity index (χ4n) is 3.87. The van der Waals surface area contributed by atoms with Crippen LogP contribution >= 0.6 is 0 Å². The zero-order valence-electron chi connectivity index (χ0n) is 16.4. The van der Waals surface area contributed by atoms with Gasteiger partial charge in [0.2, 0.25) is 5.91 Å². The van der Waals surface area contributed by atoms with Gasteiger partial charge < -0.3 is 10.2 Å². The first-order valence-corrected chi connectivity index (χ1v) is 10.2. The van der Waals surface area contributed by atoms with E-state index in [1.54, 1.807) is 12.1 Å². The molecule has 4 nitrogen and oxygen atoms in total. The van der Waals surface area contributed by atoms with Crippen LogP contribution in [0.5, 0.6) is 0 Å². The second kappa shape index (κ2) is 8.31. The Kier molecular flexibility index (Phi) is 5.62. The van der Waals surface area contributed by atoms with Crippen molar-refractivity contribution in [2.24, 2.45) is 5.92 Å². The van der Waals surface area contributed by atoms with Crippen LogP contribution in [0.15, 0.2) is 48.5 Å². The quantitative estimate of drug-likeness (QED) is 0.824. The first-order chi connectivity index (χ1) is 13.6. The molecule has 148 valence electrons. The summed E-state index contributed by atoms with van der Waals surface area (Å²) >= 11 is 0. The zero-order valence-corrected chi connectivity index (χ0v) is 16.4. The van der Waals surface area contributed by atoms with Crippen molar-refractivity contribution in [1.29, 1.82) is 0 Å². The first kappa shape index (κ1) is 18.9. The molecule has 28 heavy (non-hydrogen) atoms. The summed E-state index contributed by atoms with van der Waals surface area (Å²) in [5.41, 5.74) is 2.99. The lowest BCUT2D eigenvalue weighted by molar-refractivity contribution is -0.119. The predicted molar refractivity (Wildman–Crippen MR) is 111 cm³/mol. The number of nitrogens with one attached hydrogen (secondary N) is 1. The van der Waals surface area contributed by atoms with Crippen LogP contribution in [0.3, 0.4) is 0 Å². The number of benzene rings is 2.